The third kappa shape index (κ3) is 3.94. The molecule has 6 nitrogen and oxygen atoms in total. The second kappa shape index (κ2) is 6.89. The van der Waals surface area contributed by atoms with Crippen molar-refractivity contribution in [1.29, 1.82) is 0 Å². The SMILES string of the molecule is Cc1ccnn1-c1ccc(C(=O)NCC(=O)NC(C)C)cc1. The maximum Gasteiger partial charge on any atom is 0.251 e. The summed E-state index contributed by atoms with van der Waals surface area (Å²) in [4.78, 5) is 23.5. The summed E-state index contributed by atoms with van der Waals surface area (Å²) >= 11 is 0. The minimum absolute atomic E-state index is 0.0307. The van der Waals surface area contributed by atoms with E-state index in [2.05, 4.69) is 15.7 Å². The van der Waals surface area contributed by atoms with Gasteiger partial charge >= 0.3 is 0 Å². The van der Waals surface area contributed by atoms with E-state index in [1.54, 1.807) is 23.0 Å². The number of carbonyl (C=O) groups excluding carboxylic acids is 2. The molecule has 1 aromatic heterocycles. The zero-order valence-electron chi connectivity index (χ0n) is 13.0. The van der Waals surface area contributed by atoms with E-state index in [1.165, 1.54) is 0 Å². The van der Waals surface area contributed by atoms with Crippen LogP contribution in [-0.4, -0.2) is 34.2 Å². The number of carbonyl (C=O) groups is 2. The third-order valence-electron chi connectivity index (χ3n) is 3.07. The third-order valence-corrected chi connectivity index (χ3v) is 3.07. The molecule has 0 aliphatic carbocycles. The van der Waals surface area contributed by atoms with Gasteiger partial charge in [-0.3, -0.25) is 9.59 Å². The van der Waals surface area contributed by atoms with Crippen molar-refractivity contribution < 1.29 is 9.59 Å². The van der Waals surface area contributed by atoms with E-state index in [0.717, 1.165) is 11.4 Å². The van der Waals surface area contributed by atoms with Crippen LogP contribution < -0.4 is 10.6 Å². The van der Waals surface area contributed by atoms with E-state index in [-0.39, 0.29) is 24.4 Å². The highest BCUT2D eigenvalue weighted by Gasteiger charge is 2.09. The Labute approximate surface area is 129 Å². The van der Waals surface area contributed by atoms with Crippen molar-refractivity contribution in [2.75, 3.05) is 6.54 Å². The fourth-order valence-electron chi connectivity index (χ4n) is 2.03. The van der Waals surface area contributed by atoms with Crippen LogP contribution in [0.1, 0.15) is 29.9 Å². The van der Waals surface area contributed by atoms with E-state index in [4.69, 9.17) is 0 Å². The van der Waals surface area contributed by atoms with Gasteiger partial charge < -0.3 is 10.6 Å². The zero-order chi connectivity index (χ0) is 16.1. The molecule has 0 unspecified atom stereocenters. The molecule has 0 bridgehead atoms. The van der Waals surface area contributed by atoms with Crippen LogP contribution in [0, 0.1) is 6.92 Å². The Balaban J connectivity index is 1.97. The molecule has 116 valence electrons. The number of hydrogen-bond acceptors (Lipinski definition) is 3. The molecule has 6 heteroatoms. The number of aromatic nitrogens is 2. The molecule has 2 rings (SSSR count). The minimum Gasteiger partial charge on any atom is -0.352 e. The molecule has 0 aliphatic rings. The van der Waals surface area contributed by atoms with Crippen molar-refractivity contribution in [3.8, 4) is 5.69 Å². The smallest absolute Gasteiger partial charge is 0.251 e. The van der Waals surface area contributed by atoms with Gasteiger partial charge in [0.05, 0.1) is 12.2 Å². The second-order valence-corrected chi connectivity index (χ2v) is 5.34. The number of benzene rings is 1. The van der Waals surface area contributed by atoms with E-state index < -0.39 is 0 Å². The maximum absolute atomic E-state index is 12.0. The first-order chi connectivity index (χ1) is 10.5. The molecule has 1 aromatic carbocycles. The summed E-state index contributed by atoms with van der Waals surface area (Å²) in [6.45, 7) is 5.67. The molecule has 2 amide bonds. The number of nitrogens with one attached hydrogen (secondary N) is 2. The largest absolute Gasteiger partial charge is 0.352 e. The molecule has 0 saturated heterocycles. The molecule has 0 saturated carbocycles. The lowest BCUT2D eigenvalue weighted by molar-refractivity contribution is -0.120. The summed E-state index contributed by atoms with van der Waals surface area (Å²) in [5.41, 5.74) is 2.41. The van der Waals surface area contributed by atoms with Crippen LogP contribution in [0.15, 0.2) is 36.5 Å². The van der Waals surface area contributed by atoms with Gasteiger partial charge in [0.1, 0.15) is 0 Å². The van der Waals surface area contributed by atoms with E-state index in [0.29, 0.717) is 5.56 Å². The first-order valence-corrected chi connectivity index (χ1v) is 7.16. The lowest BCUT2D eigenvalue weighted by atomic mass is 10.2. The van der Waals surface area contributed by atoms with Crippen molar-refractivity contribution in [1.82, 2.24) is 20.4 Å². The Morgan fingerprint density at radius 2 is 1.86 bits per heavy atom. The van der Waals surface area contributed by atoms with Gasteiger partial charge in [-0.25, -0.2) is 4.68 Å². The predicted octanol–water partition coefficient (Wildman–Crippen LogP) is 1.44. The monoisotopic (exact) mass is 300 g/mol. The van der Waals surface area contributed by atoms with Crippen LogP contribution in [0.4, 0.5) is 0 Å². The number of rotatable bonds is 5. The quantitative estimate of drug-likeness (QED) is 0.877. The summed E-state index contributed by atoms with van der Waals surface area (Å²) in [5, 5.41) is 9.53. The summed E-state index contributed by atoms with van der Waals surface area (Å²) < 4.78 is 1.79. The summed E-state index contributed by atoms with van der Waals surface area (Å²) in [5.74, 6) is -0.477. The highest BCUT2D eigenvalue weighted by molar-refractivity contribution is 5.96. The molecule has 2 N–H and O–H groups in total. The van der Waals surface area contributed by atoms with Crippen molar-refractivity contribution >= 4 is 11.8 Å². The Kier molecular flexibility index (Phi) is 4.93. The van der Waals surface area contributed by atoms with Gasteiger partial charge in [0.25, 0.3) is 5.91 Å². The molecule has 0 radical (unpaired) electrons. The molecular weight excluding hydrogens is 280 g/mol. The Morgan fingerprint density at radius 3 is 2.41 bits per heavy atom. The average Bonchev–Trinajstić information content (AvgIpc) is 2.90. The Hall–Kier alpha value is -2.63. The van der Waals surface area contributed by atoms with Gasteiger partial charge in [-0.15, -0.1) is 0 Å². The van der Waals surface area contributed by atoms with Crippen LogP contribution in [0.25, 0.3) is 5.69 Å². The molecule has 0 spiro atoms. The van der Waals surface area contributed by atoms with Crippen LogP contribution in [-0.2, 0) is 4.79 Å². The van der Waals surface area contributed by atoms with Crippen molar-refractivity contribution in [3.63, 3.8) is 0 Å². The molecule has 0 fully saturated rings. The Morgan fingerprint density at radius 1 is 1.18 bits per heavy atom. The van der Waals surface area contributed by atoms with E-state index >= 15 is 0 Å². The van der Waals surface area contributed by atoms with E-state index in [1.807, 2.05) is 39.0 Å². The molecule has 22 heavy (non-hydrogen) atoms. The molecule has 2 aromatic rings. The number of hydrogen-bond donors (Lipinski definition) is 2. The second-order valence-electron chi connectivity index (χ2n) is 5.34. The van der Waals surface area contributed by atoms with Gasteiger partial charge in [-0.1, -0.05) is 0 Å². The highest BCUT2D eigenvalue weighted by Crippen LogP contribution is 2.11. The normalized spacial score (nSPS) is 10.5. The molecule has 0 atom stereocenters. The van der Waals surface area contributed by atoms with E-state index in [9.17, 15) is 9.59 Å². The molecular formula is C16H20N4O2. The first kappa shape index (κ1) is 15.8. The van der Waals surface area contributed by atoms with Gasteiger partial charge in [0, 0.05) is 23.5 Å². The van der Waals surface area contributed by atoms with Crippen molar-refractivity contribution in [3.05, 3.63) is 47.8 Å². The summed E-state index contributed by atoms with van der Waals surface area (Å²) in [6, 6.07) is 9.04. The fourth-order valence-corrected chi connectivity index (χ4v) is 2.03. The van der Waals surface area contributed by atoms with Crippen LogP contribution in [0.5, 0.6) is 0 Å². The minimum atomic E-state index is -0.275. The summed E-state index contributed by atoms with van der Waals surface area (Å²) in [7, 11) is 0. The van der Waals surface area contributed by atoms with Gasteiger partial charge in [-0.05, 0) is 51.1 Å². The lowest BCUT2D eigenvalue weighted by Gasteiger charge is -2.10. The van der Waals surface area contributed by atoms with Crippen molar-refractivity contribution in [2.45, 2.75) is 26.8 Å². The molecule has 1 heterocycles. The number of nitrogens with zero attached hydrogens (tertiary/aromatic N) is 2. The van der Waals surface area contributed by atoms with Gasteiger partial charge in [0.2, 0.25) is 5.91 Å². The molecule has 0 aliphatic heterocycles. The van der Waals surface area contributed by atoms with Gasteiger partial charge in [-0.2, -0.15) is 5.10 Å². The predicted molar refractivity (Wildman–Crippen MR) is 83.9 cm³/mol. The topological polar surface area (TPSA) is 76.0 Å². The lowest BCUT2D eigenvalue weighted by Crippen LogP contribution is -2.39. The Bertz CT molecular complexity index is 659. The number of aryl methyl sites for hydroxylation is 1. The van der Waals surface area contributed by atoms with Crippen LogP contribution in [0.3, 0.4) is 0 Å². The first-order valence-electron chi connectivity index (χ1n) is 7.16. The average molecular weight is 300 g/mol. The van der Waals surface area contributed by atoms with Gasteiger partial charge in [0.15, 0.2) is 0 Å². The maximum atomic E-state index is 12.0. The standard InChI is InChI=1S/C16H20N4O2/c1-11(2)19-15(21)10-17-16(22)13-4-6-14(7-5-13)20-12(3)8-9-18-20/h4-9,11H,10H2,1-3H3,(H,17,22)(H,19,21). The highest BCUT2D eigenvalue weighted by atomic mass is 16.2. The zero-order valence-corrected chi connectivity index (χ0v) is 13.0. The van der Waals surface area contributed by atoms with Crippen LogP contribution >= 0.6 is 0 Å². The number of amides is 2. The van der Waals surface area contributed by atoms with Crippen molar-refractivity contribution in [2.24, 2.45) is 0 Å². The summed E-state index contributed by atoms with van der Waals surface area (Å²) in [6.07, 6.45) is 1.73. The fraction of sp³-hybridized carbons (Fsp3) is 0.312. The van der Waals surface area contributed by atoms with Crippen LogP contribution in [0.2, 0.25) is 0 Å².